The van der Waals surface area contributed by atoms with Gasteiger partial charge in [-0.25, -0.2) is 9.78 Å². The number of nitrogens with zero attached hydrogens (tertiary/aromatic N) is 2. The molecule has 1 heterocycles. The third kappa shape index (κ3) is 2.67. The summed E-state index contributed by atoms with van der Waals surface area (Å²) in [6.45, 7) is 2.81. The summed E-state index contributed by atoms with van der Waals surface area (Å²) in [7, 11) is 0. The van der Waals surface area contributed by atoms with Gasteiger partial charge < -0.3 is 10.4 Å². The van der Waals surface area contributed by atoms with Crippen molar-refractivity contribution in [1.82, 2.24) is 15.3 Å². The number of benzene rings is 1. The number of fused-ring (bicyclic) bond motifs is 1. The molecule has 0 saturated heterocycles. The highest BCUT2D eigenvalue weighted by Crippen LogP contribution is 2.10. The van der Waals surface area contributed by atoms with E-state index >= 15 is 0 Å². The van der Waals surface area contributed by atoms with Gasteiger partial charge in [-0.05, 0) is 26.0 Å². The highest BCUT2D eigenvalue weighted by Gasteiger charge is 2.29. The zero-order valence-electron chi connectivity index (χ0n) is 10.5. The molecule has 1 amide bonds. The van der Waals surface area contributed by atoms with E-state index in [1.165, 1.54) is 20.0 Å². The van der Waals surface area contributed by atoms with E-state index in [0.29, 0.717) is 11.0 Å². The summed E-state index contributed by atoms with van der Waals surface area (Å²) in [5.74, 6) is -1.68. The van der Waals surface area contributed by atoms with Gasteiger partial charge in [-0.15, -0.1) is 0 Å². The van der Waals surface area contributed by atoms with Gasteiger partial charge in [-0.1, -0.05) is 12.1 Å². The fourth-order valence-corrected chi connectivity index (χ4v) is 1.47. The monoisotopic (exact) mass is 259 g/mol. The predicted molar refractivity (Wildman–Crippen MR) is 68.7 cm³/mol. The Morgan fingerprint density at radius 3 is 2.47 bits per heavy atom. The molecule has 0 unspecified atom stereocenters. The van der Waals surface area contributed by atoms with E-state index in [1.807, 2.05) is 6.07 Å². The van der Waals surface area contributed by atoms with Crippen LogP contribution in [0.5, 0.6) is 0 Å². The Balaban J connectivity index is 2.29. The molecule has 1 aromatic heterocycles. The van der Waals surface area contributed by atoms with Gasteiger partial charge in [0.2, 0.25) is 0 Å². The van der Waals surface area contributed by atoms with Gasteiger partial charge >= 0.3 is 5.97 Å². The van der Waals surface area contributed by atoms with Crippen LogP contribution in [0.3, 0.4) is 0 Å². The van der Waals surface area contributed by atoms with E-state index in [2.05, 4.69) is 15.3 Å². The molecule has 19 heavy (non-hydrogen) atoms. The maximum Gasteiger partial charge on any atom is 0.328 e. The van der Waals surface area contributed by atoms with E-state index in [4.69, 9.17) is 5.11 Å². The Labute approximate surface area is 109 Å². The van der Waals surface area contributed by atoms with Gasteiger partial charge in [-0.2, -0.15) is 0 Å². The van der Waals surface area contributed by atoms with Crippen LogP contribution in [0.2, 0.25) is 0 Å². The molecular weight excluding hydrogens is 246 g/mol. The molecular formula is C13H13N3O3. The molecule has 98 valence electrons. The SMILES string of the molecule is CC(C)(NC(=O)c1cnc2ccccc2n1)C(=O)O. The molecule has 2 N–H and O–H groups in total. The summed E-state index contributed by atoms with van der Waals surface area (Å²) < 4.78 is 0. The molecule has 2 aromatic rings. The fourth-order valence-electron chi connectivity index (χ4n) is 1.47. The fraction of sp³-hybridized carbons (Fsp3) is 0.231. The van der Waals surface area contributed by atoms with E-state index < -0.39 is 17.4 Å². The highest BCUT2D eigenvalue weighted by atomic mass is 16.4. The van der Waals surface area contributed by atoms with Crippen LogP contribution in [0.1, 0.15) is 24.3 Å². The second-order valence-corrected chi connectivity index (χ2v) is 4.63. The van der Waals surface area contributed by atoms with Crippen molar-refractivity contribution in [1.29, 1.82) is 0 Å². The zero-order valence-corrected chi connectivity index (χ0v) is 10.5. The first-order valence-electron chi connectivity index (χ1n) is 5.68. The summed E-state index contributed by atoms with van der Waals surface area (Å²) in [5.41, 5.74) is -0.00225. The molecule has 0 aliphatic carbocycles. The molecule has 6 heteroatoms. The summed E-state index contributed by atoms with van der Waals surface area (Å²) >= 11 is 0. The topological polar surface area (TPSA) is 92.2 Å². The van der Waals surface area contributed by atoms with Gasteiger partial charge in [0.05, 0.1) is 17.2 Å². The Morgan fingerprint density at radius 2 is 1.84 bits per heavy atom. The number of carboxylic acid groups (broad SMARTS) is 1. The lowest BCUT2D eigenvalue weighted by molar-refractivity contribution is -0.143. The summed E-state index contributed by atoms with van der Waals surface area (Å²) in [6.07, 6.45) is 1.33. The smallest absolute Gasteiger partial charge is 0.328 e. The summed E-state index contributed by atoms with van der Waals surface area (Å²) in [5, 5.41) is 11.4. The molecule has 0 spiro atoms. The molecule has 2 rings (SSSR count). The van der Waals surface area contributed by atoms with Crippen LogP contribution in [-0.2, 0) is 4.79 Å². The minimum atomic E-state index is -1.36. The highest BCUT2D eigenvalue weighted by molar-refractivity contribution is 5.97. The van der Waals surface area contributed by atoms with Crippen LogP contribution < -0.4 is 5.32 Å². The second-order valence-electron chi connectivity index (χ2n) is 4.63. The number of carbonyl (C=O) groups excluding carboxylic acids is 1. The number of rotatable bonds is 3. The molecule has 0 bridgehead atoms. The number of amides is 1. The first-order valence-corrected chi connectivity index (χ1v) is 5.68. The molecule has 6 nitrogen and oxygen atoms in total. The first-order chi connectivity index (χ1) is 8.90. The summed E-state index contributed by atoms with van der Waals surface area (Å²) in [4.78, 5) is 31.1. The number of para-hydroxylation sites is 2. The minimum absolute atomic E-state index is 0.0908. The van der Waals surface area contributed by atoms with Crippen LogP contribution >= 0.6 is 0 Å². The van der Waals surface area contributed by atoms with Gasteiger partial charge in [0.1, 0.15) is 11.2 Å². The maximum atomic E-state index is 11.9. The number of carbonyl (C=O) groups is 2. The van der Waals surface area contributed by atoms with Crippen LogP contribution in [0, 0.1) is 0 Å². The Morgan fingerprint density at radius 1 is 1.21 bits per heavy atom. The average Bonchev–Trinajstić information content (AvgIpc) is 2.37. The number of hydrogen-bond donors (Lipinski definition) is 2. The largest absolute Gasteiger partial charge is 0.480 e. The third-order valence-electron chi connectivity index (χ3n) is 2.64. The predicted octanol–water partition coefficient (Wildman–Crippen LogP) is 1.22. The molecule has 0 aliphatic rings. The second kappa shape index (κ2) is 4.64. The van der Waals surface area contributed by atoms with Crippen molar-refractivity contribution in [2.24, 2.45) is 0 Å². The van der Waals surface area contributed by atoms with Crippen molar-refractivity contribution in [3.63, 3.8) is 0 Å². The number of carboxylic acids is 1. The van der Waals surface area contributed by atoms with Crippen molar-refractivity contribution in [3.8, 4) is 0 Å². The molecule has 0 aliphatic heterocycles. The standard InChI is InChI=1S/C13H13N3O3/c1-13(2,12(18)19)16-11(17)10-7-14-8-5-3-4-6-9(8)15-10/h3-7H,1-2H3,(H,16,17)(H,18,19). The van der Waals surface area contributed by atoms with E-state index in [9.17, 15) is 9.59 Å². The van der Waals surface area contributed by atoms with Crippen LogP contribution in [0.4, 0.5) is 0 Å². The van der Waals surface area contributed by atoms with Crippen molar-refractivity contribution in [2.45, 2.75) is 19.4 Å². The van der Waals surface area contributed by atoms with Gasteiger partial charge in [-0.3, -0.25) is 9.78 Å². The molecule has 0 saturated carbocycles. The lowest BCUT2D eigenvalue weighted by Crippen LogP contribution is -2.49. The minimum Gasteiger partial charge on any atom is -0.480 e. The van der Waals surface area contributed by atoms with Gasteiger partial charge in [0.25, 0.3) is 5.91 Å². The average molecular weight is 259 g/mol. The lowest BCUT2D eigenvalue weighted by Gasteiger charge is -2.20. The number of aromatic nitrogens is 2. The van der Waals surface area contributed by atoms with Crippen molar-refractivity contribution in [3.05, 3.63) is 36.2 Å². The summed E-state index contributed by atoms with van der Waals surface area (Å²) in [6, 6.07) is 7.14. The van der Waals surface area contributed by atoms with Crippen molar-refractivity contribution in [2.75, 3.05) is 0 Å². The number of hydrogen-bond acceptors (Lipinski definition) is 4. The van der Waals surface area contributed by atoms with E-state index in [1.54, 1.807) is 18.2 Å². The zero-order chi connectivity index (χ0) is 14.0. The molecule has 0 fully saturated rings. The number of nitrogens with one attached hydrogen (secondary N) is 1. The van der Waals surface area contributed by atoms with Crippen molar-refractivity contribution >= 4 is 22.9 Å². The number of aliphatic carboxylic acids is 1. The molecule has 1 aromatic carbocycles. The molecule has 0 radical (unpaired) electrons. The third-order valence-corrected chi connectivity index (χ3v) is 2.64. The van der Waals surface area contributed by atoms with Crippen LogP contribution in [0.25, 0.3) is 11.0 Å². The van der Waals surface area contributed by atoms with Gasteiger partial charge in [0.15, 0.2) is 0 Å². The van der Waals surface area contributed by atoms with Crippen LogP contribution in [0.15, 0.2) is 30.5 Å². The quantitative estimate of drug-likeness (QED) is 0.864. The Kier molecular flexibility index (Phi) is 3.16. The first kappa shape index (κ1) is 12.9. The van der Waals surface area contributed by atoms with E-state index in [0.717, 1.165) is 0 Å². The van der Waals surface area contributed by atoms with Gasteiger partial charge in [0, 0.05) is 0 Å². The van der Waals surface area contributed by atoms with Crippen molar-refractivity contribution < 1.29 is 14.7 Å². The Bertz CT molecular complexity index is 652. The Hall–Kier alpha value is -2.50. The normalized spacial score (nSPS) is 11.3. The lowest BCUT2D eigenvalue weighted by atomic mass is 10.1. The van der Waals surface area contributed by atoms with Crippen LogP contribution in [-0.4, -0.2) is 32.5 Å². The van der Waals surface area contributed by atoms with E-state index in [-0.39, 0.29) is 5.69 Å². The maximum absolute atomic E-state index is 11.9. The molecule has 0 atom stereocenters.